The van der Waals surface area contributed by atoms with Crippen LogP contribution < -0.4 is 21.3 Å². The number of ether oxygens (including phenoxy) is 1. The van der Waals surface area contributed by atoms with Gasteiger partial charge in [0, 0.05) is 65.8 Å². The third-order valence-corrected chi connectivity index (χ3v) is 11.9. The van der Waals surface area contributed by atoms with Gasteiger partial charge in [0.2, 0.25) is 11.8 Å². The number of carbonyl (C=O) groups is 8. The molecule has 0 heterocycles. The third kappa shape index (κ3) is 12.4. The molecule has 4 N–H and O–H groups in total. The van der Waals surface area contributed by atoms with Crippen molar-refractivity contribution < 1.29 is 43.1 Å². The first-order valence-corrected chi connectivity index (χ1v) is 20.9. The zero-order valence-corrected chi connectivity index (χ0v) is 37.4. The van der Waals surface area contributed by atoms with Crippen LogP contribution in [0.2, 0.25) is 0 Å². The summed E-state index contributed by atoms with van der Waals surface area (Å²) in [5, 5.41) is 8.54. The van der Waals surface area contributed by atoms with Gasteiger partial charge in [0.25, 0.3) is 17.7 Å². The van der Waals surface area contributed by atoms with Gasteiger partial charge in [0.05, 0.1) is 11.5 Å². The Balaban J connectivity index is 3.49. The van der Waals surface area contributed by atoms with E-state index in [1.807, 2.05) is 37.5 Å². The molecule has 0 aromatic heterocycles. The van der Waals surface area contributed by atoms with Gasteiger partial charge in [-0.1, -0.05) is 27.7 Å². The zero-order valence-electron chi connectivity index (χ0n) is 35.8. The van der Waals surface area contributed by atoms with Gasteiger partial charge in [-0.3, -0.25) is 39.1 Å². The highest BCUT2D eigenvalue weighted by Crippen LogP contribution is 2.62. The Kier molecular flexibility index (Phi) is 19.1. The molecular formula is C36H65N9O9S2. The number of hydrogen-bond acceptors (Lipinski definition) is 12. The molecule has 0 saturated heterocycles. The summed E-state index contributed by atoms with van der Waals surface area (Å²) < 4.78 is 6.05. The maximum Gasteiger partial charge on any atom is 0.331 e. The first-order chi connectivity index (χ1) is 25.8. The molecule has 0 aromatic carbocycles. The van der Waals surface area contributed by atoms with Crippen LogP contribution in [0.4, 0.5) is 14.4 Å². The lowest BCUT2D eigenvalue weighted by atomic mass is 9.95. The van der Waals surface area contributed by atoms with Gasteiger partial charge >= 0.3 is 18.1 Å². The second-order valence-electron chi connectivity index (χ2n) is 15.4. The molecule has 1 saturated carbocycles. The quantitative estimate of drug-likeness (QED) is 0.137. The van der Waals surface area contributed by atoms with Crippen molar-refractivity contribution in [2.24, 2.45) is 11.3 Å². The summed E-state index contributed by atoms with van der Waals surface area (Å²) in [6.07, 6.45) is 2.71. The lowest BCUT2D eigenvalue weighted by Gasteiger charge is -2.38. The van der Waals surface area contributed by atoms with E-state index in [-0.39, 0.29) is 18.7 Å². The smallest absolute Gasteiger partial charge is 0.331 e. The monoisotopic (exact) mass is 831 g/mol. The number of rotatable bonds is 19. The van der Waals surface area contributed by atoms with Crippen LogP contribution >= 0.6 is 23.5 Å². The molecule has 1 aliphatic carbocycles. The molecule has 20 heteroatoms. The van der Waals surface area contributed by atoms with E-state index in [4.69, 9.17) is 4.74 Å². The highest BCUT2D eigenvalue weighted by Gasteiger charge is 2.75. The fraction of sp³-hybridized carbons (Fsp3) is 0.778. The van der Waals surface area contributed by atoms with Crippen molar-refractivity contribution in [1.29, 1.82) is 0 Å². The van der Waals surface area contributed by atoms with E-state index in [0.29, 0.717) is 29.6 Å². The van der Waals surface area contributed by atoms with Crippen molar-refractivity contribution in [3.05, 3.63) is 0 Å². The Morgan fingerprint density at radius 3 is 1.95 bits per heavy atom. The number of carbonyl (C=O) groups excluding carboxylic acids is 8. The van der Waals surface area contributed by atoms with E-state index in [1.54, 1.807) is 41.7 Å². The molecule has 0 spiro atoms. The molecule has 56 heavy (non-hydrogen) atoms. The van der Waals surface area contributed by atoms with E-state index in [9.17, 15) is 38.4 Å². The number of amides is 11. The van der Waals surface area contributed by atoms with Crippen molar-refractivity contribution in [2.45, 2.75) is 96.3 Å². The second kappa shape index (κ2) is 21.2. The van der Waals surface area contributed by atoms with Gasteiger partial charge < -0.3 is 35.4 Å². The molecule has 11 amide bonds. The fourth-order valence-corrected chi connectivity index (χ4v) is 7.95. The number of hydrogen-bond donors (Lipinski definition) is 4. The second-order valence-corrected chi connectivity index (χ2v) is 17.4. The van der Waals surface area contributed by atoms with Gasteiger partial charge in [0.15, 0.2) is 5.37 Å². The molecule has 0 aromatic rings. The topological polar surface area (TPSA) is 210 Å². The minimum Gasteiger partial charge on any atom is -0.365 e. The summed E-state index contributed by atoms with van der Waals surface area (Å²) >= 11 is 2.73. The Labute approximate surface area is 340 Å². The van der Waals surface area contributed by atoms with Crippen LogP contribution in [0.5, 0.6) is 0 Å². The van der Waals surface area contributed by atoms with Crippen LogP contribution in [-0.4, -0.2) is 175 Å². The van der Waals surface area contributed by atoms with Gasteiger partial charge in [-0.2, -0.15) is 0 Å². The van der Waals surface area contributed by atoms with Crippen molar-refractivity contribution in [3.63, 3.8) is 0 Å². The van der Waals surface area contributed by atoms with Gasteiger partial charge in [-0.05, 0) is 53.5 Å². The molecule has 0 aliphatic heterocycles. The zero-order chi connectivity index (χ0) is 43.5. The Hall–Kier alpha value is -3.62. The van der Waals surface area contributed by atoms with Crippen LogP contribution in [0.15, 0.2) is 0 Å². The summed E-state index contributed by atoms with van der Waals surface area (Å²) in [6.45, 7) is 12.7. The van der Waals surface area contributed by atoms with Crippen LogP contribution in [0.3, 0.4) is 0 Å². The Morgan fingerprint density at radius 2 is 1.46 bits per heavy atom. The third-order valence-electron chi connectivity index (χ3n) is 10.3. The van der Waals surface area contributed by atoms with Crippen molar-refractivity contribution in [1.82, 2.24) is 45.8 Å². The number of urea groups is 3. The molecule has 1 aliphatic rings. The molecule has 0 bridgehead atoms. The molecule has 5 atom stereocenters. The Morgan fingerprint density at radius 1 is 0.893 bits per heavy atom. The molecular weight excluding hydrogens is 767 g/mol. The number of nitrogens with one attached hydrogen (secondary N) is 4. The van der Waals surface area contributed by atoms with Crippen molar-refractivity contribution in [2.75, 3.05) is 73.8 Å². The van der Waals surface area contributed by atoms with Crippen molar-refractivity contribution in [3.8, 4) is 0 Å². The molecule has 1 fully saturated rings. The van der Waals surface area contributed by atoms with Gasteiger partial charge in [0.1, 0.15) is 17.6 Å². The molecule has 320 valence electrons. The lowest BCUT2D eigenvalue weighted by molar-refractivity contribution is -0.147. The molecule has 0 radical (unpaired) electrons. The number of thioether (sulfide) groups is 2. The predicted octanol–water partition coefficient (Wildman–Crippen LogP) is 1.79. The first-order valence-electron chi connectivity index (χ1n) is 18.4. The number of nitrogens with zero attached hydrogens (tertiary/aromatic N) is 5. The molecule has 18 nitrogen and oxygen atoms in total. The fourth-order valence-electron chi connectivity index (χ4n) is 6.17. The van der Waals surface area contributed by atoms with Crippen LogP contribution in [-0.2, 0) is 28.7 Å². The first kappa shape index (κ1) is 50.4. The number of imide groups is 3. The Bertz CT molecular complexity index is 1460. The molecule has 1 rings (SSSR count). The number of likely N-dealkylation sites (N-methyl/N-ethyl adjacent to an activating group) is 4. The summed E-state index contributed by atoms with van der Waals surface area (Å²) in [5.74, 6) is -2.61. The van der Waals surface area contributed by atoms with E-state index in [2.05, 4.69) is 16.0 Å². The summed E-state index contributed by atoms with van der Waals surface area (Å²) in [5.41, 5.74) is -3.43. The van der Waals surface area contributed by atoms with Crippen LogP contribution in [0.1, 0.15) is 67.7 Å². The minimum absolute atomic E-state index is 0.0188. The van der Waals surface area contributed by atoms with Crippen molar-refractivity contribution >= 4 is 71.2 Å². The maximum atomic E-state index is 14.6. The average Bonchev–Trinajstić information content (AvgIpc) is 3.56. The summed E-state index contributed by atoms with van der Waals surface area (Å²) in [6, 6.07) is -5.34. The predicted molar refractivity (Wildman–Crippen MR) is 218 cm³/mol. The van der Waals surface area contributed by atoms with E-state index >= 15 is 0 Å². The van der Waals surface area contributed by atoms with Gasteiger partial charge in [-0.15, -0.1) is 23.5 Å². The highest BCUT2D eigenvalue weighted by atomic mass is 32.2. The van der Waals surface area contributed by atoms with Crippen LogP contribution in [0, 0.1) is 11.3 Å². The standard InChI is InChI=1S/C36H65N9O9S2/c1-16-17-25(46)43(12)29(56-19-18-41(9)10)28(49)42(11)24(20-34(4,5)54-21-55-15)26(47)40-36(23(3)35(36,6)7)30(50)45(14)33(53)39-31(51)38-22(2)27(48)44(13)32(52)37-8/h22-24,29H,16-21H2,1-15H3,(H,37,52)(H,40,47)(H2,38,39,51,53)/t22-,23?,24-,29+,36+/m0/s1. The van der Waals surface area contributed by atoms with E-state index in [1.165, 1.54) is 61.4 Å². The van der Waals surface area contributed by atoms with Crippen LogP contribution in [0.25, 0.3) is 0 Å². The van der Waals surface area contributed by atoms with E-state index < -0.39 is 81.7 Å². The molecule has 1 unspecified atom stereocenters. The average molecular weight is 832 g/mol. The normalized spacial score (nSPS) is 18.8. The highest BCUT2D eigenvalue weighted by molar-refractivity contribution is 8.00. The van der Waals surface area contributed by atoms with Gasteiger partial charge in [-0.25, -0.2) is 14.4 Å². The minimum atomic E-state index is -1.63. The SMILES string of the molecule is CCCC(=O)N(C)[C@H](SCCN(C)C)C(=O)N(C)[C@@H](CC(C)(C)OCSC)C(=O)N[C@@]1(C(=O)N(C)C(=O)NC(=O)N[C@@H](C)C(=O)N(C)C(=O)NC)C(C)C1(C)C. The summed E-state index contributed by atoms with van der Waals surface area (Å²) in [7, 11) is 10.6. The maximum absolute atomic E-state index is 14.6. The lowest BCUT2D eigenvalue weighted by Crippen LogP contribution is -2.62. The largest absolute Gasteiger partial charge is 0.365 e. The van der Waals surface area contributed by atoms with E-state index in [0.717, 1.165) is 11.9 Å². The summed E-state index contributed by atoms with van der Waals surface area (Å²) in [4.78, 5) is 113.